The molecule has 0 spiro atoms. The van der Waals surface area contributed by atoms with Gasteiger partial charge in [-0.25, -0.2) is 84.2 Å². The Morgan fingerprint density at radius 3 is 0.590 bits per heavy atom. The van der Waals surface area contributed by atoms with Crippen molar-refractivity contribution < 1.29 is 709 Å². The quantitative estimate of drug-likeness (QED) is 0.0399. The van der Waals surface area contributed by atoms with Gasteiger partial charge in [0.25, 0.3) is 0 Å². The van der Waals surface area contributed by atoms with Crippen LogP contribution < -0.4 is 514 Å². The molecule has 434 valence electrons. The summed E-state index contributed by atoms with van der Waals surface area (Å²) in [4.78, 5) is 0. The van der Waals surface area contributed by atoms with Gasteiger partial charge in [0.2, 0.25) is 104 Å². The molecule has 0 N–H and O–H groups in total. The summed E-state index contributed by atoms with van der Waals surface area (Å²) in [5, 5.41) is 0. The Labute approximate surface area is 898 Å². The third-order valence-corrected chi connectivity index (χ3v) is 12.5. The summed E-state index contributed by atoms with van der Waals surface area (Å²) in [5.74, 6) is 0. The zero-order valence-corrected chi connectivity index (χ0v) is 82.8. The standard InChI is InChI=1S/C18H32O45S10.10K/c19-64(20,21)51-3-7-11(58-68(31,32)33)13(60-70(37,38)39)15(62-72(43,44)45)17(54-7)49-1-5-9(56-66(25,26)27)10(57-67(28,29)30)6(53-5)2-50-18-16(63-73(46,47)48)14(61-71(40,41)42)12(59-69(34,35)36)8(55-18)4-52-65(22,23)24;;;;;;;;;;/h5-18H,1-4H2,(H,19,20,21)(H,22,23,24)(H,25,26,27)(H,28,29,30)(H,31,32,33)(H,34,35,36)(H,37,38,39)(H,40,41,42)(H,43,44,45)(H,46,47,48);;;;;;;;;;/q;10*+1/p-10/t5-,6-,7-,8+,9+,10-,11-,12+,13-,14-,15+,16-,17-,18-;;;;;;;;;;/m0........../s1. The summed E-state index contributed by atoms with van der Waals surface area (Å²) in [5.41, 5.74) is 0. The van der Waals surface area contributed by atoms with Crippen LogP contribution in [0, 0.1) is 0 Å². The van der Waals surface area contributed by atoms with E-state index < -0.39 is 216 Å². The van der Waals surface area contributed by atoms with E-state index in [1.165, 1.54) is 0 Å². The van der Waals surface area contributed by atoms with Crippen molar-refractivity contribution in [2.24, 2.45) is 0 Å². The Balaban J connectivity index is -0.000000937. The van der Waals surface area contributed by atoms with Crippen molar-refractivity contribution in [3.05, 3.63) is 0 Å². The normalized spacial score (nSPS) is 28.0. The average molecular weight is 1670 g/mol. The minimum Gasteiger partial charge on any atom is -0.726 e. The van der Waals surface area contributed by atoms with Gasteiger partial charge in [0, 0.05) is 0 Å². The smallest absolute Gasteiger partial charge is 0.726 e. The second kappa shape index (κ2) is 48.2. The van der Waals surface area contributed by atoms with Crippen LogP contribution in [0.25, 0.3) is 0 Å². The first-order valence-electron chi connectivity index (χ1n) is 16.9. The topological polar surface area (TPSA) is 710 Å². The van der Waals surface area contributed by atoms with Crippen molar-refractivity contribution in [3.8, 4) is 0 Å². The molecule has 3 heterocycles. The number of rotatable bonds is 28. The number of ether oxygens (including phenoxy) is 5. The van der Waals surface area contributed by atoms with Crippen molar-refractivity contribution >= 4 is 104 Å². The molecule has 0 unspecified atom stereocenters. The van der Waals surface area contributed by atoms with Gasteiger partial charge in [-0.2, -0.15) is 0 Å². The van der Waals surface area contributed by atoms with E-state index in [2.05, 4.69) is 41.8 Å². The largest absolute Gasteiger partial charge is 1.00 e. The van der Waals surface area contributed by atoms with E-state index in [1.54, 1.807) is 0 Å². The van der Waals surface area contributed by atoms with Crippen molar-refractivity contribution in [1.82, 2.24) is 0 Å². The molecule has 0 aromatic carbocycles. The van der Waals surface area contributed by atoms with Crippen molar-refractivity contribution in [2.75, 3.05) is 26.4 Å². The van der Waals surface area contributed by atoms with Crippen LogP contribution in [0.2, 0.25) is 0 Å². The zero-order chi connectivity index (χ0) is 56.5. The van der Waals surface area contributed by atoms with Gasteiger partial charge in [0.1, 0.15) is 61.0 Å². The Kier molecular flexibility index (Phi) is 66.1. The maximum absolute atomic E-state index is 11.8. The molecule has 3 aliphatic heterocycles. The van der Waals surface area contributed by atoms with Gasteiger partial charge in [-0.15, -0.1) is 0 Å². The Bertz CT molecular complexity index is 2930. The molecule has 3 saturated heterocycles. The van der Waals surface area contributed by atoms with Crippen molar-refractivity contribution in [3.63, 3.8) is 0 Å². The van der Waals surface area contributed by atoms with Gasteiger partial charge in [-0.05, 0) is 0 Å². The first-order valence-corrected chi connectivity index (χ1v) is 30.2. The van der Waals surface area contributed by atoms with Gasteiger partial charge in [0.05, 0.1) is 26.4 Å². The van der Waals surface area contributed by atoms with Crippen molar-refractivity contribution in [2.45, 2.75) is 85.8 Å². The minimum atomic E-state index is -6.47. The molecule has 0 saturated carbocycles. The van der Waals surface area contributed by atoms with Crippen LogP contribution in [0.1, 0.15) is 0 Å². The SMILES string of the molecule is O=S(=O)([O-])OC[C@@H]1O[C@H](OC[C@@H]2O[C@@H](CO[C@H]3O[C@H](COS(=O)(=O)[O-])[C@@H](OS(=O)(=O)[O-])[C@H](OS(=O)(=O)[O-])[C@@H]3OS(=O)(=O)[O-])[C@H](OS(=O)(=O)[O-])[C@@H]2OS(=O)(=O)[O-])[C@H](OS(=O)(=O)[O-])[C@@H](OS(=O)(=O)[O-])[C@H]1OS(=O)(=O)[O-].[K+].[K+].[K+].[K+].[K+].[K+].[K+].[K+].[K+].[K+]. The molecular formula is C18H22K10O45S10. The Morgan fingerprint density at radius 1 is 0.229 bits per heavy atom. The van der Waals surface area contributed by atoms with Gasteiger partial charge in [0.15, 0.2) is 24.8 Å². The molecule has 83 heavy (non-hydrogen) atoms. The fraction of sp³-hybridized carbons (Fsp3) is 1.00. The van der Waals surface area contributed by atoms with Gasteiger partial charge < -0.3 is 69.2 Å². The molecule has 0 aliphatic carbocycles. The van der Waals surface area contributed by atoms with Crippen LogP contribution in [0.15, 0.2) is 0 Å². The third-order valence-electron chi connectivity index (χ3n) is 8.02. The van der Waals surface area contributed by atoms with Crippen LogP contribution in [-0.4, -0.2) is 242 Å². The average Bonchev–Trinajstić information content (AvgIpc) is 3.40. The molecule has 0 amide bonds. The maximum Gasteiger partial charge on any atom is 1.00 e. The number of hydrogen-bond acceptors (Lipinski definition) is 45. The zero-order valence-electron chi connectivity index (χ0n) is 43.4. The molecular weight excluding hydrogens is 1650 g/mol. The summed E-state index contributed by atoms with van der Waals surface area (Å²) in [7, 11) is -63.3. The number of hydrogen-bond donors (Lipinski definition) is 0. The van der Waals surface area contributed by atoms with Crippen LogP contribution >= 0.6 is 0 Å². The molecule has 65 heteroatoms. The third kappa shape index (κ3) is 49.4. The fourth-order valence-electron chi connectivity index (χ4n) is 6.02. The second-order valence-corrected chi connectivity index (χ2v) is 23.3. The van der Waals surface area contributed by atoms with Gasteiger partial charge in [-0.3, -0.25) is 41.8 Å². The van der Waals surface area contributed by atoms with E-state index in [0.717, 1.165) is 0 Å². The van der Waals surface area contributed by atoms with E-state index in [4.69, 9.17) is 23.7 Å². The van der Waals surface area contributed by atoms with Gasteiger partial charge in [-0.1, -0.05) is 0 Å². The van der Waals surface area contributed by atoms with E-state index >= 15 is 0 Å². The Morgan fingerprint density at radius 2 is 0.398 bits per heavy atom. The van der Waals surface area contributed by atoms with Crippen LogP contribution in [0.3, 0.4) is 0 Å². The molecule has 0 aromatic heterocycles. The minimum absolute atomic E-state index is 0. The van der Waals surface area contributed by atoms with E-state index in [9.17, 15) is 130 Å². The summed E-state index contributed by atoms with van der Waals surface area (Å²) in [6.45, 7) is -7.91. The Hall–Kier alpha value is 14.9. The fourth-order valence-corrected chi connectivity index (χ4v) is 10.6. The summed E-state index contributed by atoms with van der Waals surface area (Å²) < 4.78 is 412. The molecule has 0 bridgehead atoms. The summed E-state index contributed by atoms with van der Waals surface area (Å²) >= 11 is 0. The summed E-state index contributed by atoms with van der Waals surface area (Å²) in [6, 6.07) is 0. The van der Waals surface area contributed by atoms with Gasteiger partial charge >= 0.3 is 514 Å². The predicted octanol–water partition coefficient (Wildman–Crippen LogP) is -42.0. The van der Waals surface area contributed by atoms with Crippen LogP contribution in [-0.2, 0) is 170 Å². The van der Waals surface area contributed by atoms with Crippen LogP contribution in [0.4, 0.5) is 0 Å². The summed E-state index contributed by atoms with van der Waals surface area (Å²) in [6.07, 6.45) is -44.5. The van der Waals surface area contributed by atoms with E-state index in [-0.39, 0.29) is 514 Å². The monoisotopic (exact) mass is 1670 g/mol. The van der Waals surface area contributed by atoms with E-state index in [0.29, 0.717) is 0 Å². The predicted molar refractivity (Wildman–Crippen MR) is 186 cm³/mol. The first-order chi connectivity index (χ1) is 32.4. The second-order valence-electron chi connectivity index (χ2n) is 13.1. The molecule has 3 rings (SSSR count). The molecule has 45 nitrogen and oxygen atoms in total. The van der Waals surface area contributed by atoms with Crippen molar-refractivity contribution in [1.29, 1.82) is 0 Å². The molecule has 14 atom stereocenters. The first kappa shape index (κ1) is 114. The maximum atomic E-state index is 11.8. The molecule has 0 radical (unpaired) electrons. The molecule has 3 fully saturated rings. The molecule has 0 aromatic rings. The molecule has 3 aliphatic rings. The van der Waals surface area contributed by atoms with Crippen LogP contribution in [0.5, 0.6) is 0 Å². The van der Waals surface area contributed by atoms with E-state index in [1.807, 2.05) is 0 Å².